The Bertz CT molecular complexity index is 1170. The Morgan fingerprint density at radius 2 is 1.74 bits per heavy atom. The normalized spacial score (nSPS) is 28.3. The van der Waals surface area contributed by atoms with Crippen molar-refractivity contribution in [3.05, 3.63) is 29.8 Å². The number of fused-ring (bicyclic) bond motifs is 1. The molecule has 0 aromatic heterocycles. The number of amides is 5. The molecule has 3 aliphatic rings. The highest BCUT2D eigenvalue weighted by molar-refractivity contribution is 5.90. The van der Waals surface area contributed by atoms with Crippen LogP contribution in [0.4, 0.5) is 0 Å². The van der Waals surface area contributed by atoms with Crippen molar-refractivity contribution in [3.8, 4) is 5.75 Å². The molecule has 2 aliphatic heterocycles. The van der Waals surface area contributed by atoms with Crippen molar-refractivity contribution < 1.29 is 29.1 Å². The lowest BCUT2D eigenvalue weighted by Gasteiger charge is -2.29. The molecule has 5 amide bonds. The number of aromatic hydroxyl groups is 1. The summed E-state index contributed by atoms with van der Waals surface area (Å²) in [5.41, 5.74) is 0.794. The lowest BCUT2D eigenvalue weighted by molar-refractivity contribution is -0.139. The van der Waals surface area contributed by atoms with Crippen LogP contribution >= 0.6 is 0 Å². The Morgan fingerprint density at radius 3 is 2.42 bits per heavy atom. The van der Waals surface area contributed by atoms with E-state index in [0.717, 1.165) is 18.4 Å². The van der Waals surface area contributed by atoms with Gasteiger partial charge in [-0.05, 0) is 68.1 Å². The summed E-state index contributed by atoms with van der Waals surface area (Å²) < 4.78 is 0. The molecule has 43 heavy (non-hydrogen) atoms. The third-order valence-electron chi connectivity index (χ3n) is 8.75. The molecule has 0 spiro atoms. The van der Waals surface area contributed by atoms with Gasteiger partial charge in [-0.15, -0.1) is 0 Å². The van der Waals surface area contributed by atoms with Crippen LogP contribution in [0, 0.1) is 17.8 Å². The summed E-state index contributed by atoms with van der Waals surface area (Å²) in [5, 5.41) is 21.6. The summed E-state index contributed by atoms with van der Waals surface area (Å²) in [5.74, 6) is -0.674. The smallest absolute Gasteiger partial charge is 0.243 e. The van der Waals surface area contributed by atoms with Crippen molar-refractivity contribution in [2.24, 2.45) is 17.8 Å². The van der Waals surface area contributed by atoms with Gasteiger partial charge in [-0.25, -0.2) is 0 Å². The highest BCUT2D eigenvalue weighted by Gasteiger charge is 2.42. The van der Waals surface area contributed by atoms with Crippen molar-refractivity contribution in [1.82, 2.24) is 26.2 Å². The lowest BCUT2D eigenvalue weighted by Crippen LogP contribution is -2.50. The molecule has 0 unspecified atom stereocenters. The second-order valence-corrected chi connectivity index (χ2v) is 12.9. The number of carbonyl (C=O) groups is 5. The molecule has 1 aliphatic carbocycles. The van der Waals surface area contributed by atoms with E-state index in [9.17, 15) is 29.1 Å². The molecule has 1 aromatic carbocycles. The van der Waals surface area contributed by atoms with Crippen molar-refractivity contribution in [3.63, 3.8) is 0 Å². The molecular weight excluding hydrogens is 550 g/mol. The second kappa shape index (κ2) is 14.7. The van der Waals surface area contributed by atoms with Gasteiger partial charge in [-0.1, -0.05) is 32.9 Å². The Balaban J connectivity index is 1.49. The summed E-state index contributed by atoms with van der Waals surface area (Å²) in [6.45, 7) is 6.57. The van der Waals surface area contributed by atoms with Crippen LogP contribution in [0.1, 0.15) is 77.7 Å². The first-order valence-electron chi connectivity index (χ1n) is 15.7. The summed E-state index contributed by atoms with van der Waals surface area (Å²) in [6.07, 6.45) is 4.48. The molecule has 5 N–H and O–H groups in total. The van der Waals surface area contributed by atoms with Gasteiger partial charge in [-0.2, -0.15) is 0 Å². The van der Waals surface area contributed by atoms with E-state index in [1.54, 1.807) is 29.2 Å². The molecular formula is C32H47N5O6. The van der Waals surface area contributed by atoms with E-state index in [-0.39, 0.29) is 97.5 Å². The van der Waals surface area contributed by atoms with Gasteiger partial charge in [0.05, 0.1) is 0 Å². The fourth-order valence-electron chi connectivity index (χ4n) is 5.91. The molecule has 11 nitrogen and oxygen atoms in total. The number of hydrogen-bond acceptors (Lipinski definition) is 6. The van der Waals surface area contributed by atoms with E-state index < -0.39 is 12.1 Å². The summed E-state index contributed by atoms with van der Waals surface area (Å²) >= 11 is 0. The van der Waals surface area contributed by atoms with Crippen LogP contribution in [0.5, 0.6) is 5.75 Å². The van der Waals surface area contributed by atoms with Crippen LogP contribution in [0.3, 0.4) is 0 Å². The van der Waals surface area contributed by atoms with Gasteiger partial charge < -0.3 is 31.3 Å². The molecule has 5 atom stereocenters. The SMILES string of the molecule is CC(C)[C@@H]1CC[C@@H](C)CC(=O)N[C@@H](Cc2ccc(O)cc2)C(=O)NCCCC(=O)N2C[C@H](NC(=O)C3CC3)C[C@H]2C(=O)N1. The van der Waals surface area contributed by atoms with Crippen LogP contribution in [0.2, 0.25) is 0 Å². The molecule has 4 rings (SSSR count). The molecule has 1 aromatic rings. The van der Waals surface area contributed by atoms with Crippen molar-refractivity contribution in [2.75, 3.05) is 13.1 Å². The van der Waals surface area contributed by atoms with Crippen LogP contribution < -0.4 is 21.3 Å². The number of hydrogen-bond donors (Lipinski definition) is 5. The Kier molecular flexibility index (Phi) is 11.0. The van der Waals surface area contributed by atoms with E-state index in [2.05, 4.69) is 21.3 Å². The number of nitrogens with zero attached hydrogens (tertiary/aromatic N) is 1. The summed E-state index contributed by atoms with van der Waals surface area (Å²) in [6, 6.07) is 4.62. The molecule has 1 saturated carbocycles. The highest BCUT2D eigenvalue weighted by atomic mass is 16.3. The molecule has 3 fully saturated rings. The van der Waals surface area contributed by atoms with Gasteiger partial charge >= 0.3 is 0 Å². The van der Waals surface area contributed by atoms with Crippen LogP contribution in [-0.2, 0) is 30.4 Å². The zero-order valence-corrected chi connectivity index (χ0v) is 25.6. The Hall–Kier alpha value is -3.63. The predicted octanol–water partition coefficient (Wildman–Crippen LogP) is 1.77. The molecule has 0 bridgehead atoms. The largest absolute Gasteiger partial charge is 0.508 e. The molecule has 0 radical (unpaired) electrons. The number of benzene rings is 1. The standard InChI is InChI=1S/C32H47N5O6/c1-19(2)25-13-6-20(3)15-28(39)35-26(16-21-7-11-24(38)12-8-21)31(42)33-14-4-5-29(40)37-18-23(17-27(37)32(43)36-25)34-30(41)22-9-10-22/h7-8,11-12,19-20,22-23,25-27,38H,4-6,9-10,13-18H2,1-3H3,(H,33,42)(H,34,41)(H,35,39)(H,36,43)/t20-,23-,25+,26+,27+/m1/s1. The van der Waals surface area contributed by atoms with Crippen LogP contribution in [0.15, 0.2) is 24.3 Å². The zero-order valence-electron chi connectivity index (χ0n) is 25.6. The monoisotopic (exact) mass is 597 g/mol. The molecule has 236 valence electrons. The first kappa shape index (κ1) is 32.3. The minimum atomic E-state index is -0.805. The second-order valence-electron chi connectivity index (χ2n) is 12.9. The lowest BCUT2D eigenvalue weighted by atomic mass is 9.92. The van der Waals surface area contributed by atoms with Crippen molar-refractivity contribution >= 4 is 29.5 Å². The number of phenols is 1. The van der Waals surface area contributed by atoms with Crippen molar-refractivity contribution in [2.45, 2.75) is 103 Å². The maximum Gasteiger partial charge on any atom is 0.243 e. The zero-order chi connectivity index (χ0) is 31.1. The van der Waals surface area contributed by atoms with Gasteiger partial charge in [0, 0.05) is 50.4 Å². The summed E-state index contributed by atoms with van der Waals surface area (Å²) in [4.78, 5) is 67.1. The minimum Gasteiger partial charge on any atom is -0.508 e. The fourth-order valence-corrected chi connectivity index (χ4v) is 5.91. The average Bonchev–Trinajstić information content (AvgIpc) is 3.73. The number of phenolic OH excluding ortho intramolecular Hbond substituents is 1. The highest BCUT2D eigenvalue weighted by Crippen LogP contribution is 2.30. The third-order valence-corrected chi connectivity index (χ3v) is 8.75. The quantitative estimate of drug-likeness (QED) is 0.348. The molecule has 2 heterocycles. The fraction of sp³-hybridized carbons (Fsp3) is 0.656. The predicted molar refractivity (Wildman–Crippen MR) is 161 cm³/mol. The number of nitrogens with one attached hydrogen (secondary N) is 4. The van der Waals surface area contributed by atoms with Gasteiger partial charge in [0.2, 0.25) is 29.5 Å². The van der Waals surface area contributed by atoms with Crippen molar-refractivity contribution in [1.29, 1.82) is 0 Å². The van der Waals surface area contributed by atoms with E-state index >= 15 is 0 Å². The van der Waals surface area contributed by atoms with Crippen LogP contribution in [-0.4, -0.2) is 76.8 Å². The van der Waals surface area contributed by atoms with E-state index in [1.165, 1.54) is 0 Å². The van der Waals surface area contributed by atoms with E-state index in [0.29, 0.717) is 25.7 Å². The topological polar surface area (TPSA) is 157 Å². The summed E-state index contributed by atoms with van der Waals surface area (Å²) in [7, 11) is 0. The first-order chi connectivity index (χ1) is 20.5. The number of rotatable bonds is 5. The van der Waals surface area contributed by atoms with Gasteiger partial charge in [0.15, 0.2) is 0 Å². The molecule has 11 heteroatoms. The van der Waals surface area contributed by atoms with Gasteiger partial charge in [-0.3, -0.25) is 24.0 Å². The maximum atomic E-state index is 13.6. The Morgan fingerprint density at radius 1 is 1.02 bits per heavy atom. The minimum absolute atomic E-state index is 0.00856. The van der Waals surface area contributed by atoms with E-state index in [4.69, 9.17) is 0 Å². The maximum absolute atomic E-state index is 13.6. The molecule has 2 saturated heterocycles. The Labute approximate surface area is 253 Å². The van der Waals surface area contributed by atoms with Gasteiger partial charge in [0.1, 0.15) is 17.8 Å². The first-order valence-corrected chi connectivity index (χ1v) is 15.7. The van der Waals surface area contributed by atoms with Gasteiger partial charge in [0.25, 0.3) is 0 Å². The number of carbonyl (C=O) groups excluding carboxylic acids is 5. The van der Waals surface area contributed by atoms with Crippen LogP contribution in [0.25, 0.3) is 0 Å². The van der Waals surface area contributed by atoms with E-state index in [1.807, 2.05) is 20.8 Å². The third kappa shape index (κ3) is 9.43. The average molecular weight is 598 g/mol.